The molecule has 0 aliphatic heterocycles. The standard InChI is InChI=1S/C7H11O2/c1-3-4-7(2)5-9-6-8/h5H,3-4H2,1-2H3. The fourth-order valence-electron chi connectivity index (χ4n) is 0.578. The van der Waals surface area contributed by atoms with Crippen molar-refractivity contribution in [3.63, 3.8) is 0 Å². The molecule has 0 rings (SSSR count). The average molecular weight is 127 g/mol. The van der Waals surface area contributed by atoms with E-state index in [1.54, 1.807) is 0 Å². The maximum absolute atomic E-state index is 9.52. The highest BCUT2D eigenvalue weighted by atomic mass is 16.5. The number of carbonyl (C=O) groups excluding carboxylic acids is 1. The van der Waals surface area contributed by atoms with Gasteiger partial charge in [-0.3, -0.25) is 0 Å². The third-order valence-corrected chi connectivity index (χ3v) is 0.953. The lowest BCUT2D eigenvalue weighted by molar-refractivity contribution is 0.394. The van der Waals surface area contributed by atoms with E-state index in [1.165, 1.54) is 12.7 Å². The molecule has 2 nitrogen and oxygen atoms in total. The van der Waals surface area contributed by atoms with Crippen molar-refractivity contribution in [3.8, 4) is 0 Å². The number of allylic oxidation sites excluding steroid dienone is 1. The number of ether oxygens (including phenoxy) is 1. The van der Waals surface area contributed by atoms with Crippen LogP contribution in [-0.4, -0.2) is 6.47 Å². The highest BCUT2D eigenvalue weighted by Gasteiger charge is 1.85. The fourth-order valence-corrected chi connectivity index (χ4v) is 0.578. The van der Waals surface area contributed by atoms with E-state index in [-0.39, 0.29) is 0 Å². The van der Waals surface area contributed by atoms with Crippen LogP contribution in [0.4, 0.5) is 0 Å². The number of rotatable bonds is 4. The molecule has 0 unspecified atom stereocenters. The molecule has 0 fully saturated rings. The third kappa shape index (κ3) is 5.07. The van der Waals surface area contributed by atoms with Gasteiger partial charge in [0, 0.05) is 0 Å². The predicted octanol–water partition coefficient (Wildman–Crippen LogP) is 1.77. The van der Waals surface area contributed by atoms with Crippen LogP contribution in [-0.2, 0) is 9.53 Å². The summed E-state index contributed by atoms with van der Waals surface area (Å²) in [4.78, 5) is 9.52. The summed E-state index contributed by atoms with van der Waals surface area (Å²) in [6.07, 6.45) is 3.47. The zero-order valence-electron chi connectivity index (χ0n) is 5.81. The Bertz CT molecular complexity index is 105. The second-order valence-corrected chi connectivity index (χ2v) is 1.92. The van der Waals surface area contributed by atoms with E-state index in [0.29, 0.717) is 0 Å². The molecule has 2 heteroatoms. The lowest BCUT2D eigenvalue weighted by Gasteiger charge is -1.92. The molecule has 1 radical (unpaired) electrons. The molecule has 0 saturated carbocycles. The Labute approximate surface area is 55.5 Å². The van der Waals surface area contributed by atoms with E-state index in [2.05, 4.69) is 11.7 Å². The molecule has 51 valence electrons. The summed E-state index contributed by atoms with van der Waals surface area (Å²) in [5.41, 5.74) is 1.07. The zero-order chi connectivity index (χ0) is 7.11. The van der Waals surface area contributed by atoms with Crippen LogP contribution in [0.3, 0.4) is 0 Å². The molecule has 0 aliphatic carbocycles. The molecular formula is C7H11O2. The van der Waals surface area contributed by atoms with Gasteiger partial charge in [0.1, 0.15) is 0 Å². The minimum atomic E-state index is 0.974. The minimum Gasteiger partial charge on any atom is -0.426 e. The highest BCUT2D eigenvalue weighted by molar-refractivity contribution is 5.39. The van der Waals surface area contributed by atoms with E-state index < -0.39 is 0 Å². The van der Waals surface area contributed by atoms with Crippen molar-refractivity contribution in [2.45, 2.75) is 26.7 Å². The summed E-state index contributed by atoms with van der Waals surface area (Å²) in [7, 11) is 0. The van der Waals surface area contributed by atoms with E-state index in [0.717, 1.165) is 18.4 Å². The molecule has 0 N–H and O–H groups in total. The fraction of sp³-hybridized carbons (Fsp3) is 0.571. The van der Waals surface area contributed by atoms with Crippen LogP contribution < -0.4 is 0 Å². The van der Waals surface area contributed by atoms with Crippen molar-refractivity contribution in [2.75, 3.05) is 0 Å². The SMILES string of the molecule is CCCC(C)=CO[C]=O. The van der Waals surface area contributed by atoms with Crippen LogP contribution in [0.25, 0.3) is 0 Å². The van der Waals surface area contributed by atoms with Gasteiger partial charge in [-0.2, -0.15) is 0 Å². The Morgan fingerprint density at radius 2 is 2.44 bits per heavy atom. The highest BCUT2D eigenvalue weighted by Crippen LogP contribution is 2.01. The number of hydrogen-bond donors (Lipinski definition) is 0. The minimum absolute atomic E-state index is 0.974. The van der Waals surface area contributed by atoms with Crippen LogP contribution >= 0.6 is 0 Å². The van der Waals surface area contributed by atoms with Gasteiger partial charge in [0.25, 0.3) is 0 Å². The quantitative estimate of drug-likeness (QED) is 0.538. The van der Waals surface area contributed by atoms with E-state index in [1.807, 2.05) is 6.92 Å². The van der Waals surface area contributed by atoms with E-state index in [4.69, 9.17) is 0 Å². The van der Waals surface area contributed by atoms with Gasteiger partial charge in [-0.15, -0.1) is 0 Å². The molecule has 0 bridgehead atoms. The first-order chi connectivity index (χ1) is 4.31. The lowest BCUT2D eigenvalue weighted by Crippen LogP contribution is -1.79. The first-order valence-electron chi connectivity index (χ1n) is 2.99. The molecule has 0 atom stereocenters. The third-order valence-electron chi connectivity index (χ3n) is 0.953. The molecule has 0 aliphatic rings. The molecule has 9 heavy (non-hydrogen) atoms. The molecule has 0 aromatic heterocycles. The summed E-state index contributed by atoms with van der Waals surface area (Å²) in [6.45, 7) is 5.32. The van der Waals surface area contributed by atoms with Gasteiger partial charge < -0.3 is 4.74 Å². The summed E-state index contributed by atoms with van der Waals surface area (Å²) >= 11 is 0. The maximum Gasteiger partial charge on any atom is 0.422 e. The van der Waals surface area contributed by atoms with Gasteiger partial charge in [0.2, 0.25) is 0 Å². The van der Waals surface area contributed by atoms with Crippen molar-refractivity contribution in [1.82, 2.24) is 0 Å². The first kappa shape index (κ1) is 8.21. The molecule has 0 amide bonds. The summed E-state index contributed by atoms with van der Waals surface area (Å²) in [5.74, 6) is 0. The Balaban J connectivity index is 3.42. The smallest absolute Gasteiger partial charge is 0.422 e. The molecule has 0 heterocycles. The Kier molecular flexibility index (Phi) is 4.88. The van der Waals surface area contributed by atoms with E-state index in [9.17, 15) is 4.79 Å². The molecule has 0 spiro atoms. The van der Waals surface area contributed by atoms with Crippen LogP contribution in [0.15, 0.2) is 11.8 Å². The predicted molar refractivity (Wildman–Crippen MR) is 35.4 cm³/mol. The van der Waals surface area contributed by atoms with Gasteiger partial charge in [-0.05, 0) is 18.9 Å². The van der Waals surface area contributed by atoms with Gasteiger partial charge in [-0.25, -0.2) is 4.79 Å². The Hall–Kier alpha value is -0.790. The largest absolute Gasteiger partial charge is 0.426 e. The summed E-state index contributed by atoms with van der Waals surface area (Å²) in [5, 5.41) is 0. The van der Waals surface area contributed by atoms with Gasteiger partial charge in [-0.1, -0.05) is 13.3 Å². The van der Waals surface area contributed by atoms with Crippen molar-refractivity contribution in [1.29, 1.82) is 0 Å². The Morgan fingerprint density at radius 1 is 1.78 bits per heavy atom. The van der Waals surface area contributed by atoms with E-state index >= 15 is 0 Å². The van der Waals surface area contributed by atoms with Crippen molar-refractivity contribution in [2.24, 2.45) is 0 Å². The van der Waals surface area contributed by atoms with Crippen molar-refractivity contribution < 1.29 is 9.53 Å². The topological polar surface area (TPSA) is 26.3 Å². The lowest BCUT2D eigenvalue weighted by atomic mass is 10.2. The zero-order valence-corrected chi connectivity index (χ0v) is 5.81. The summed E-state index contributed by atoms with van der Waals surface area (Å²) in [6, 6.07) is 0. The van der Waals surface area contributed by atoms with Crippen molar-refractivity contribution in [3.05, 3.63) is 11.8 Å². The maximum atomic E-state index is 9.52. The van der Waals surface area contributed by atoms with Crippen molar-refractivity contribution >= 4 is 6.47 Å². The molecule has 0 aromatic carbocycles. The first-order valence-corrected chi connectivity index (χ1v) is 2.99. The monoisotopic (exact) mass is 127 g/mol. The van der Waals surface area contributed by atoms with Crippen LogP contribution in [0.1, 0.15) is 26.7 Å². The normalized spacial score (nSPS) is 11.1. The van der Waals surface area contributed by atoms with Crippen LogP contribution in [0.5, 0.6) is 0 Å². The van der Waals surface area contributed by atoms with Gasteiger partial charge in [0.15, 0.2) is 0 Å². The summed E-state index contributed by atoms with van der Waals surface area (Å²) < 4.78 is 4.28. The second kappa shape index (κ2) is 5.35. The second-order valence-electron chi connectivity index (χ2n) is 1.92. The molecular weight excluding hydrogens is 116 g/mol. The van der Waals surface area contributed by atoms with Crippen LogP contribution in [0, 0.1) is 0 Å². The van der Waals surface area contributed by atoms with Crippen LogP contribution in [0.2, 0.25) is 0 Å². The molecule has 0 aromatic rings. The average Bonchev–Trinajstić information content (AvgIpc) is 1.85. The van der Waals surface area contributed by atoms with Gasteiger partial charge >= 0.3 is 6.47 Å². The molecule has 0 saturated heterocycles. The number of hydrogen-bond acceptors (Lipinski definition) is 2. The Morgan fingerprint density at radius 3 is 2.89 bits per heavy atom. The van der Waals surface area contributed by atoms with Gasteiger partial charge in [0.05, 0.1) is 6.26 Å².